The Bertz CT molecular complexity index is 323. The standard InChI is InChI=1S/C13H21NOS/c1-3-11-10-16-12(14-11)13(15-4-2)8-6-5-7-9-13/h10H,3-9H2,1-2H3. The van der Waals surface area contributed by atoms with Gasteiger partial charge in [0.05, 0.1) is 5.69 Å². The Kier molecular flexibility index (Phi) is 3.98. The molecule has 0 saturated heterocycles. The van der Waals surface area contributed by atoms with Gasteiger partial charge < -0.3 is 4.74 Å². The molecule has 0 radical (unpaired) electrons. The van der Waals surface area contributed by atoms with E-state index in [0.717, 1.165) is 25.9 Å². The first-order valence-electron chi connectivity index (χ1n) is 6.39. The first kappa shape index (κ1) is 12.1. The minimum absolute atomic E-state index is 0.0505. The van der Waals surface area contributed by atoms with E-state index in [1.807, 2.05) is 0 Å². The van der Waals surface area contributed by atoms with Gasteiger partial charge in [-0.05, 0) is 26.2 Å². The number of rotatable bonds is 4. The summed E-state index contributed by atoms with van der Waals surface area (Å²) < 4.78 is 6.06. The maximum Gasteiger partial charge on any atom is 0.125 e. The summed E-state index contributed by atoms with van der Waals surface area (Å²) in [7, 11) is 0. The van der Waals surface area contributed by atoms with Crippen LogP contribution in [-0.2, 0) is 16.8 Å². The molecule has 0 aromatic carbocycles. The number of hydrogen-bond acceptors (Lipinski definition) is 3. The van der Waals surface area contributed by atoms with E-state index in [2.05, 4.69) is 19.2 Å². The molecule has 1 aliphatic carbocycles. The normalized spacial score (nSPS) is 19.9. The van der Waals surface area contributed by atoms with Crippen LogP contribution in [-0.4, -0.2) is 11.6 Å². The van der Waals surface area contributed by atoms with Crippen LogP contribution in [0.1, 0.15) is 56.7 Å². The molecule has 1 aromatic heterocycles. The summed E-state index contributed by atoms with van der Waals surface area (Å²) in [6.07, 6.45) is 7.23. The number of nitrogens with zero attached hydrogens (tertiary/aromatic N) is 1. The minimum Gasteiger partial charge on any atom is -0.368 e. The Morgan fingerprint density at radius 2 is 2.06 bits per heavy atom. The van der Waals surface area contributed by atoms with Crippen LogP contribution in [0.2, 0.25) is 0 Å². The van der Waals surface area contributed by atoms with Crippen molar-refractivity contribution in [3.8, 4) is 0 Å². The molecule has 3 heteroatoms. The molecule has 1 aliphatic rings. The van der Waals surface area contributed by atoms with Crippen molar-refractivity contribution in [1.82, 2.24) is 4.98 Å². The fourth-order valence-electron chi connectivity index (χ4n) is 2.50. The zero-order chi connectivity index (χ0) is 11.4. The van der Waals surface area contributed by atoms with E-state index in [4.69, 9.17) is 9.72 Å². The highest BCUT2D eigenvalue weighted by Crippen LogP contribution is 2.41. The zero-order valence-corrected chi connectivity index (χ0v) is 11.1. The third-order valence-electron chi connectivity index (χ3n) is 3.39. The van der Waals surface area contributed by atoms with Crippen molar-refractivity contribution in [3.05, 3.63) is 16.1 Å². The van der Waals surface area contributed by atoms with Gasteiger partial charge in [0.2, 0.25) is 0 Å². The predicted molar refractivity (Wildman–Crippen MR) is 67.9 cm³/mol. The molecule has 0 spiro atoms. The molecule has 2 nitrogen and oxygen atoms in total. The van der Waals surface area contributed by atoms with Gasteiger partial charge in [-0.15, -0.1) is 11.3 Å². The van der Waals surface area contributed by atoms with Crippen molar-refractivity contribution >= 4 is 11.3 Å². The summed E-state index contributed by atoms with van der Waals surface area (Å²) in [5, 5.41) is 3.40. The van der Waals surface area contributed by atoms with Crippen LogP contribution in [0, 0.1) is 0 Å². The SMILES string of the molecule is CCOC1(c2nc(CC)cs2)CCCCC1. The molecule has 1 saturated carbocycles. The van der Waals surface area contributed by atoms with Crippen molar-refractivity contribution in [3.63, 3.8) is 0 Å². The van der Waals surface area contributed by atoms with Crippen molar-refractivity contribution in [2.75, 3.05) is 6.61 Å². The highest BCUT2D eigenvalue weighted by Gasteiger charge is 2.37. The Morgan fingerprint density at radius 1 is 1.31 bits per heavy atom. The van der Waals surface area contributed by atoms with E-state index in [9.17, 15) is 0 Å². The maximum absolute atomic E-state index is 6.06. The van der Waals surface area contributed by atoms with Crippen LogP contribution >= 0.6 is 11.3 Å². The summed E-state index contributed by atoms with van der Waals surface area (Å²) in [5.74, 6) is 0. The number of aryl methyl sites for hydroxylation is 1. The molecule has 1 fully saturated rings. The van der Waals surface area contributed by atoms with Gasteiger partial charge in [-0.25, -0.2) is 4.98 Å². The molecular formula is C13H21NOS. The number of thiazole rings is 1. The van der Waals surface area contributed by atoms with Gasteiger partial charge in [0.25, 0.3) is 0 Å². The highest BCUT2D eigenvalue weighted by molar-refractivity contribution is 7.09. The number of hydrogen-bond donors (Lipinski definition) is 0. The summed E-state index contributed by atoms with van der Waals surface area (Å²) in [6, 6.07) is 0. The van der Waals surface area contributed by atoms with Crippen molar-refractivity contribution in [1.29, 1.82) is 0 Å². The molecule has 0 amide bonds. The van der Waals surface area contributed by atoms with Gasteiger partial charge in [-0.3, -0.25) is 0 Å². The van der Waals surface area contributed by atoms with Crippen LogP contribution in [0.25, 0.3) is 0 Å². The second-order valence-corrected chi connectivity index (χ2v) is 5.34. The molecule has 0 atom stereocenters. The van der Waals surface area contributed by atoms with E-state index in [1.165, 1.54) is 30.0 Å². The molecule has 2 rings (SSSR count). The van der Waals surface area contributed by atoms with E-state index in [0.29, 0.717) is 0 Å². The summed E-state index contributed by atoms with van der Waals surface area (Å²) in [4.78, 5) is 4.74. The lowest BCUT2D eigenvalue weighted by molar-refractivity contribution is -0.0705. The smallest absolute Gasteiger partial charge is 0.125 e. The minimum atomic E-state index is -0.0505. The van der Waals surface area contributed by atoms with Gasteiger partial charge in [0, 0.05) is 12.0 Å². The van der Waals surface area contributed by atoms with E-state index in [-0.39, 0.29) is 5.60 Å². The summed E-state index contributed by atoms with van der Waals surface area (Å²) in [5.41, 5.74) is 1.16. The number of ether oxygens (including phenoxy) is 1. The second-order valence-electron chi connectivity index (χ2n) is 4.49. The molecule has 0 aliphatic heterocycles. The topological polar surface area (TPSA) is 22.1 Å². The third-order valence-corrected chi connectivity index (χ3v) is 4.46. The number of aromatic nitrogens is 1. The fraction of sp³-hybridized carbons (Fsp3) is 0.769. The Morgan fingerprint density at radius 3 is 2.62 bits per heavy atom. The van der Waals surface area contributed by atoms with Gasteiger partial charge in [-0.1, -0.05) is 26.2 Å². The Labute approximate surface area is 102 Å². The molecular weight excluding hydrogens is 218 g/mol. The van der Waals surface area contributed by atoms with E-state index < -0.39 is 0 Å². The van der Waals surface area contributed by atoms with Crippen molar-refractivity contribution in [2.45, 2.75) is 58.0 Å². The lowest BCUT2D eigenvalue weighted by Gasteiger charge is -2.35. The molecule has 0 N–H and O–H groups in total. The first-order valence-corrected chi connectivity index (χ1v) is 7.27. The van der Waals surface area contributed by atoms with Crippen LogP contribution in [0.4, 0.5) is 0 Å². The van der Waals surface area contributed by atoms with Crippen LogP contribution in [0.15, 0.2) is 5.38 Å². The van der Waals surface area contributed by atoms with Gasteiger partial charge in [-0.2, -0.15) is 0 Å². The summed E-state index contributed by atoms with van der Waals surface area (Å²) >= 11 is 1.78. The zero-order valence-electron chi connectivity index (χ0n) is 10.3. The van der Waals surface area contributed by atoms with Crippen LogP contribution in [0.3, 0.4) is 0 Å². The van der Waals surface area contributed by atoms with Gasteiger partial charge in [0.1, 0.15) is 10.6 Å². The van der Waals surface area contributed by atoms with E-state index in [1.54, 1.807) is 11.3 Å². The van der Waals surface area contributed by atoms with E-state index >= 15 is 0 Å². The summed E-state index contributed by atoms with van der Waals surface area (Å²) in [6.45, 7) is 5.04. The largest absolute Gasteiger partial charge is 0.368 e. The average molecular weight is 239 g/mol. The first-order chi connectivity index (χ1) is 7.80. The lowest BCUT2D eigenvalue weighted by atomic mass is 9.85. The lowest BCUT2D eigenvalue weighted by Crippen LogP contribution is -2.32. The van der Waals surface area contributed by atoms with Gasteiger partial charge in [0.15, 0.2) is 0 Å². The molecule has 1 heterocycles. The molecule has 90 valence electrons. The molecule has 1 aromatic rings. The predicted octanol–water partition coefficient (Wildman–Crippen LogP) is 3.90. The average Bonchev–Trinajstić information content (AvgIpc) is 2.80. The highest BCUT2D eigenvalue weighted by atomic mass is 32.1. The molecule has 0 bridgehead atoms. The molecule has 16 heavy (non-hydrogen) atoms. The Balaban J connectivity index is 2.23. The van der Waals surface area contributed by atoms with Gasteiger partial charge >= 0.3 is 0 Å². The Hall–Kier alpha value is -0.410. The third kappa shape index (κ3) is 2.30. The fourth-order valence-corrected chi connectivity index (χ4v) is 3.61. The van der Waals surface area contributed by atoms with Crippen LogP contribution in [0.5, 0.6) is 0 Å². The van der Waals surface area contributed by atoms with Crippen molar-refractivity contribution < 1.29 is 4.74 Å². The molecule has 0 unspecified atom stereocenters. The maximum atomic E-state index is 6.06. The van der Waals surface area contributed by atoms with Crippen LogP contribution < -0.4 is 0 Å². The monoisotopic (exact) mass is 239 g/mol. The van der Waals surface area contributed by atoms with Crippen molar-refractivity contribution in [2.24, 2.45) is 0 Å². The second kappa shape index (κ2) is 5.28. The quantitative estimate of drug-likeness (QED) is 0.795.